The number of hydrogen-bond donors (Lipinski definition) is 1. The summed E-state index contributed by atoms with van der Waals surface area (Å²) in [5.41, 5.74) is 8.61. The van der Waals surface area contributed by atoms with Gasteiger partial charge < -0.3 is 15.2 Å². The SMILES string of the molecule is CCCOc1ccc(F)cc1-c1ccc2c(c1)CC(C)(C)C2OC(N)=O. The van der Waals surface area contributed by atoms with E-state index in [0.717, 1.165) is 35.1 Å². The standard InChI is InChI=1S/C21H24FNO3/c1-4-9-25-18-8-6-15(22)11-17(18)13-5-7-16-14(10-13)12-21(2,3)19(16)26-20(23)24/h5-8,10-11,19H,4,9,12H2,1-3H3,(H2,23,24). The second-order valence-electron chi connectivity index (χ2n) is 7.38. The molecule has 138 valence electrons. The Balaban J connectivity index is 2.01. The van der Waals surface area contributed by atoms with Gasteiger partial charge in [-0.1, -0.05) is 39.0 Å². The predicted octanol–water partition coefficient (Wildman–Crippen LogP) is 5.00. The van der Waals surface area contributed by atoms with Crippen LogP contribution in [0.25, 0.3) is 11.1 Å². The fraction of sp³-hybridized carbons (Fsp3) is 0.381. The van der Waals surface area contributed by atoms with E-state index in [-0.39, 0.29) is 17.3 Å². The highest BCUT2D eigenvalue weighted by atomic mass is 19.1. The van der Waals surface area contributed by atoms with Gasteiger partial charge in [-0.3, -0.25) is 0 Å². The van der Waals surface area contributed by atoms with E-state index in [1.54, 1.807) is 6.07 Å². The molecule has 4 nitrogen and oxygen atoms in total. The average Bonchev–Trinajstić information content (AvgIpc) is 2.82. The zero-order valence-corrected chi connectivity index (χ0v) is 15.3. The zero-order chi connectivity index (χ0) is 18.9. The van der Waals surface area contributed by atoms with Crippen molar-refractivity contribution in [2.45, 2.75) is 39.7 Å². The minimum atomic E-state index is -0.777. The summed E-state index contributed by atoms with van der Waals surface area (Å²) in [6, 6.07) is 10.4. The van der Waals surface area contributed by atoms with Gasteiger partial charge >= 0.3 is 6.09 Å². The molecular formula is C21H24FNO3. The van der Waals surface area contributed by atoms with E-state index < -0.39 is 6.09 Å². The van der Waals surface area contributed by atoms with Crippen LogP contribution in [0, 0.1) is 11.2 Å². The van der Waals surface area contributed by atoms with E-state index >= 15 is 0 Å². The Bertz CT molecular complexity index is 832. The quantitative estimate of drug-likeness (QED) is 0.819. The molecule has 0 spiro atoms. The van der Waals surface area contributed by atoms with Crippen LogP contribution in [0.1, 0.15) is 44.4 Å². The van der Waals surface area contributed by atoms with Crippen molar-refractivity contribution in [1.29, 1.82) is 0 Å². The number of rotatable bonds is 5. The van der Waals surface area contributed by atoms with Crippen LogP contribution in [0.4, 0.5) is 9.18 Å². The number of ether oxygens (including phenoxy) is 2. The summed E-state index contributed by atoms with van der Waals surface area (Å²) in [5.74, 6) is 0.356. The summed E-state index contributed by atoms with van der Waals surface area (Å²) in [6.07, 6.45) is 0.461. The third kappa shape index (κ3) is 3.52. The molecule has 2 aromatic rings. The van der Waals surface area contributed by atoms with Gasteiger partial charge in [-0.25, -0.2) is 9.18 Å². The lowest BCUT2D eigenvalue weighted by Crippen LogP contribution is -2.25. The van der Waals surface area contributed by atoms with Gasteiger partial charge in [0.25, 0.3) is 0 Å². The van der Waals surface area contributed by atoms with E-state index in [2.05, 4.69) is 0 Å². The van der Waals surface area contributed by atoms with Crippen molar-refractivity contribution in [3.05, 3.63) is 53.3 Å². The number of halogens is 1. The topological polar surface area (TPSA) is 61.6 Å². The van der Waals surface area contributed by atoms with Crippen LogP contribution in [0.3, 0.4) is 0 Å². The molecule has 0 heterocycles. The van der Waals surface area contributed by atoms with Gasteiger partial charge in [0.2, 0.25) is 0 Å². The van der Waals surface area contributed by atoms with Crippen molar-refractivity contribution in [2.24, 2.45) is 11.1 Å². The van der Waals surface area contributed by atoms with Crippen molar-refractivity contribution in [3.63, 3.8) is 0 Å². The van der Waals surface area contributed by atoms with Gasteiger partial charge in [0.1, 0.15) is 17.7 Å². The molecule has 0 saturated carbocycles. The van der Waals surface area contributed by atoms with E-state index in [4.69, 9.17) is 15.2 Å². The Morgan fingerprint density at radius 1 is 1.27 bits per heavy atom. The molecule has 2 N–H and O–H groups in total. The number of amides is 1. The first kappa shape index (κ1) is 18.2. The van der Waals surface area contributed by atoms with Crippen molar-refractivity contribution in [1.82, 2.24) is 0 Å². The molecule has 1 atom stereocenters. The maximum absolute atomic E-state index is 13.8. The molecule has 0 fully saturated rings. The highest BCUT2D eigenvalue weighted by Gasteiger charge is 2.41. The van der Waals surface area contributed by atoms with Crippen molar-refractivity contribution >= 4 is 6.09 Å². The lowest BCUT2D eigenvalue weighted by atomic mass is 9.87. The van der Waals surface area contributed by atoms with E-state index in [1.165, 1.54) is 12.1 Å². The van der Waals surface area contributed by atoms with Gasteiger partial charge in [0.05, 0.1) is 6.61 Å². The van der Waals surface area contributed by atoms with Gasteiger partial charge in [-0.15, -0.1) is 0 Å². The largest absolute Gasteiger partial charge is 0.493 e. The van der Waals surface area contributed by atoms with Crippen molar-refractivity contribution < 1.29 is 18.7 Å². The smallest absolute Gasteiger partial charge is 0.405 e. The molecule has 1 aliphatic carbocycles. The Hall–Kier alpha value is -2.56. The maximum Gasteiger partial charge on any atom is 0.405 e. The van der Waals surface area contributed by atoms with E-state index in [0.29, 0.717) is 12.4 Å². The van der Waals surface area contributed by atoms with Crippen LogP contribution in [0.15, 0.2) is 36.4 Å². The minimum absolute atomic E-state index is 0.251. The highest BCUT2D eigenvalue weighted by molar-refractivity contribution is 5.72. The van der Waals surface area contributed by atoms with Crippen LogP contribution in [-0.4, -0.2) is 12.7 Å². The molecule has 26 heavy (non-hydrogen) atoms. The molecule has 0 aromatic heterocycles. The molecule has 0 saturated heterocycles. The van der Waals surface area contributed by atoms with Crippen LogP contribution in [-0.2, 0) is 11.2 Å². The predicted molar refractivity (Wildman–Crippen MR) is 98.5 cm³/mol. The molecule has 3 rings (SSSR count). The molecule has 5 heteroatoms. The minimum Gasteiger partial charge on any atom is -0.493 e. The summed E-state index contributed by atoms with van der Waals surface area (Å²) >= 11 is 0. The Morgan fingerprint density at radius 2 is 2.04 bits per heavy atom. The molecular weight excluding hydrogens is 333 g/mol. The molecule has 0 bridgehead atoms. The van der Waals surface area contributed by atoms with Crippen LogP contribution < -0.4 is 10.5 Å². The number of benzene rings is 2. The van der Waals surface area contributed by atoms with Gasteiger partial charge in [0.15, 0.2) is 0 Å². The van der Waals surface area contributed by atoms with Gasteiger partial charge in [0, 0.05) is 11.0 Å². The fourth-order valence-corrected chi connectivity index (χ4v) is 3.59. The van der Waals surface area contributed by atoms with Crippen molar-refractivity contribution in [3.8, 4) is 16.9 Å². The lowest BCUT2D eigenvalue weighted by molar-refractivity contribution is 0.0392. The highest BCUT2D eigenvalue weighted by Crippen LogP contribution is 2.48. The lowest BCUT2D eigenvalue weighted by Gasteiger charge is -2.26. The third-order valence-corrected chi connectivity index (χ3v) is 4.73. The molecule has 2 aromatic carbocycles. The number of primary amides is 1. The summed E-state index contributed by atoms with van der Waals surface area (Å²) in [5, 5.41) is 0. The first-order valence-electron chi connectivity index (χ1n) is 8.83. The van der Waals surface area contributed by atoms with Gasteiger partial charge in [-0.2, -0.15) is 0 Å². The van der Waals surface area contributed by atoms with E-state index in [1.807, 2.05) is 39.0 Å². The van der Waals surface area contributed by atoms with Gasteiger partial charge in [-0.05, 0) is 47.7 Å². The molecule has 1 amide bonds. The Kier molecular flexibility index (Phi) is 4.90. The van der Waals surface area contributed by atoms with Crippen molar-refractivity contribution in [2.75, 3.05) is 6.61 Å². The number of carbonyl (C=O) groups is 1. The maximum atomic E-state index is 13.8. The average molecular weight is 357 g/mol. The zero-order valence-electron chi connectivity index (χ0n) is 15.3. The first-order chi connectivity index (χ1) is 12.3. The summed E-state index contributed by atoms with van der Waals surface area (Å²) in [6.45, 7) is 6.68. The summed E-state index contributed by atoms with van der Waals surface area (Å²) in [4.78, 5) is 11.3. The first-order valence-corrected chi connectivity index (χ1v) is 8.83. The van der Waals surface area contributed by atoms with Crippen LogP contribution in [0.2, 0.25) is 0 Å². The molecule has 1 unspecified atom stereocenters. The number of carbonyl (C=O) groups excluding carboxylic acids is 1. The Labute approximate surface area is 153 Å². The molecule has 0 radical (unpaired) electrons. The summed E-state index contributed by atoms with van der Waals surface area (Å²) in [7, 11) is 0. The monoisotopic (exact) mass is 357 g/mol. The van der Waals surface area contributed by atoms with Crippen LogP contribution >= 0.6 is 0 Å². The van der Waals surface area contributed by atoms with Crippen LogP contribution in [0.5, 0.6) is 5.75 Å². The normalized spacial score (nSPS) is 17.6. The number of fused-ring (bicyclic) bond motifs is 1. The van der Waals surface area contributed by atoms with E-state index in [9.17, 15) is 9.18 Å². The summed E-state index contributed by atoms with van der Waals surface area (Å²) < 4.78 is 25.0. The Morgan fingerprint density at radius 3 is 2.73 bits per heavy atom. The second kappa shape index (κ2) is 6.98. The number of nitrogens with two attached hydrogens (primary N) is 1. The molecule has 0 aliphatic heterocycles. The molecule has 1 aliphatic rings. The third-order valence-electron chi connectivity index (χ3n) is 4.73. The second-order valence-corrected chi connectivity index (χ2v) is 7.38. The number of hydrogen-bond acceptors (Lipinski definition) is 3. The fourth-order valence-electron chi connectivity index (χ4n) is 3.59.